The summed E-state index contributed by atoms with van der Waals surface area (Å²) in [5.74, 6) is 0.155. The van der Waals surface area contributed by atoms with Crippen molar-refractivity contribution in [3.63, 3.8) is 0 Å². The van der Waals surface area contributed by atoms with Crippen LogP contribution < -0.4 is 10.1 Å². The maximum atomic E-state index is 12.6. The fourth-order valence-electron chi connectivity index (χ4n) is 2.60. The summed E-state index contributed by atoms with van der Waals surface area (Å²) in [6.45, 7) is 0. The van der Waals surface area contributed by atoms with Crippen molar-refractivity contribution < 1.29 is 14.3 Å². The Bertz CT molecular complexity index is 776. The molecule has 1 N–H and O–H groups in total. The van der Waals surface area contributed by atoms with Crippen LogP contribution in [0, 0.1) is 5.41 Å². The van der Waals surface area contributed by atoms with Crippen molar-refractivity contribution in [2.24, 2.45) is 5.41 Å². The number of carbonyl (C=O) groups is 2. The van der Waals surface area contributed by atoms with Crippen LogP contribution in [0.5, 0.6) is 5.75 Å². The van der Waals surface area contributed by atoms with Crippen LogP contribution in [0.1, 0.15) is 18.4 Å². The van der Waals surface area contributed by atoms with Crippen molar-refractivity contribution in [1.29, 1.82) is 0 Å². The van der Waals surface area contributed by atoms with Crippen LogP contribution in [-0.4, -0.2) is 18.8 Å². The average Bonchev–Trinajstić information content (AvgIpc) is 3.43. The zero-order chi connectivity index (χ0) is 17.0. The number of ether oxygens (including phenoxy) is 1. The predicted octanol–water partition coefficient (Wildman–Crippen LogP) is 3.70. The van der Waals surface area contributed by atoms with Crippen molar-refractivity contribution in [3.05, 3.63) is 66.2 Å². The zero-order valence-corrected chi connectivity index (χ0v) is 13.5. The summed E-state index contributed by atoms with van der Waals surface area (Å²) >= 11 is 0. The Hall–Kier alpha value is -2.88. The minimum Gasteiger partial charge on any atom is -0.495 e. The number of anilines is 1. The summed E-state index contributed by atoms with van der Waals surface area (Å²) in [6, 6.07) is 16.7. The summed E-state index contributed by atoms with van der Waals surface area (Å²) in [4.78, 5) is 25.1. The largest absolute Gasteiger partial charge is 0.495 e. The monoisotopic (exact) mass is 321 g/mol. The van der Waals surface area contributed by atoms with Crippen molar-refractivity contribution in [2.75, 3.05) is 12.4 Å². The first kappa shape index (κ1) is 16.0. The van der Waals surface area contributed by atoms with E-state index in [0.29, 0.717) is 24.3 Å². The number of hydrogen-bond acceptors (Lipinski definition) is 3. The molecule has 0 heterocycles. The van der Waals surface area contributed by atoms with Gasteiger partial charge < -0.3 is 10.1 Å². The van der Waals surface area contributed by atoms with Crippen molar-refractivity contribution in [1.82, 2.24) is 0 Å². The average molecular weight is 321 g/mol. The quantitative estimate of drug-likeness (QED) is 0.652. The molecular weight excluding hydrogens is 302 g/mol. The molecular formula is C20H19NO3. The van der Waals surface area contributed by atoms with Crippen LogP contribution >= 0.6 is 0 Å². The molecule has 0 radical (unpaired) electrons. The molecule has 2 aromatic carbocycles. The van der Waals surface area contributed by atoms with E-state index in [1.165, 1.54) is 6.08 Å². The second kappa shape index (κ2) is 6.71. The molecule has 3 rings (SSSR count). The van der Waals surface area contributed by atoms with E-state index in [2.05, 4.69) is 5.32 Å². The third kappa shape index (κ3) is 3.23. The Morgan fingerprint density at radius 1 is 1.04 bits per heavy atom. The molecule has 0 aromatic heterocycles. The van der Waals surface area contributed by atoms with Gasteiger partial charge in [-0.2, -0.15) is 0 Å². The molecule has 0 bridgehead atoms. The van der Waals surface area contributed by atoms with E-state index in [-0.39, 0.29) is 11.7 Å². The lowest BCUT2D eigenvalue weighted by Crippen LogP contribution is -2.30. The molecule has 1 fully saturated rings. The van der Waals surface area contributed by atoms with Gasteiger partial charge in [-0.1, -0.05) is 48.5 Å². The minimum absolute atomic E-state index is 0.154. The maximum absolute atomic E-state index is 12.6. The van der Waals surface area contributed by atoms with Crippen molar-refractivity contribution in [2.45, 2.75) is 12.8 Å². The van der Waals surface area contributed by atoms with E-state index in [4.69, 9.17) is 4.74 Å². The number of allylic oxidation sites excluding steroid dienone is 1. The Labute approximate surface area is 141 Å². The van der Waals surface area contributed by atoms with E-state index < -0.39 is 5.41 Å². The van der Waals surface area contributed by atoms with Gasteiger partial charge in [0.2, 0.25) is 5.91 Å². The molecule has 4 nitrogen and oxygen atoms in total. The Morgan fingerprint density at radius 2 is 1.71 bits per heavy atom. The Balaban J connectivity index is 1.72. The number of amides is 1. The summed E-state index contributed by atoms with van der Waals surface area (Å²) in [6.07, 6.45) is 4.40. The molecule has 1 aliphatic carbocycles. The zero-order valence-electron chi connectivity index (χ0n) is 13.5. The highest BCUT2D eigenvalue weighted by Crippen LogP contribution is 2.48. The van der Waals surface area contributed by atoms with Crippen molar-refractivity contribution >= 4 is 23.5 Å². The van der Waals surface area contributed by atoms with Gasteiger partial charge in [0, 0.05) is 0 Å². The summed E-state index contributed by atoms with van der Waals surface area (Å²) < 4.78 is 5.23. The fraction of sp³-hybridized carbons (Fsp3) is 0.200. The molecule has 4 heteroatoms. The van der Waals surface area contributed by atoms with Gasteiger partial charge in [0.25, 0.3) is 0 Å². The van der Waals surface area contributed by atoms with E-state index in [1.807, 2.05) is 42.5 Å². The highest BCUT2D eigenvalue weighted by atomic mass is 16.5. The van der Waals surface area contributed by atoms with Crippen molar-refractivity contribution in [3.8, 4) is 5.75 Å². The Morgan fingerprint density at radius 3 is 2.38 bits per heavy atom. The molecule has 1 saturated carbocycles. The molecule has 2 aromatic rings. The standard InChI is InChI=1S/C20H19NO3/c1-24-17-10-6-5-9-16(17)21-19(23)20(13-14-20)18(22)12-11-15-7-3-2-4-8-15/h2-12H,13-14H2,1H3,(H,21,23)/b12-11+. The van der Waals surface area contributed by atoms with Gasteiger partial charge in [0.1, 0.15) is 11.2 Å². The number of nitrogens with one attached hydrogen (secondary N) is 1. The normalized spacial score (nSPS) is 15.0. The first-order chi connectivity index (χ1) is 11.7. The van der Waals surface area contributed by atoms with Gasteiger partial charge in [0.15, 0.2) is 5.78 Å². The predicted molar refractivity (Wildman–Crippen MR) is 93.8 cm³/mol. The first-order valence-electron chi connectivity index (χ1n) is 7.88. The SMILES string of the molecule is COc1ccccc1NC(=O)C1(C(=O)/C=C/c2ccccc2)CC1. The number of carbonyl (C=O) groups excluding carboxylic acids is 2. The number of methoxy groups -OCH3 is 1. The smallest absolute Gasteiger partial charge is 0.238 e. The molecule has 24 heavy (non-hydrogen) atoms. The molecule has 0 unspecified atom stereocenters. The second-order valence-corrected chi connectivity index (χ2v) is 5.84. The first-order valence-corrected chi connectivity index (χ1v) is 7.88. The lowest BCUT2D eigenvalue weighted by molar-refractivity contribution is -0.130. The Kier molecular flexibility index (Phi) is 4.47. The lowest BCUT2D eigenvalue weighted by Gasteiger charge is -2.14. The number of para-hydroxylation sites is 2. The van der Waals surface area contributed by atoms with Crippen LogP contribution in [0.25, 0.3) is 6.08 Å². The maximum Gasteiger partial charge on any atom is 0.238 e. The van der Waals surface area contributed by atoms with Crippen LogP contribution in [0.2, 0.25) is 0 Å². The molecule has 122 valence electrons. The number of hydrogen-bond donors (Lipinski definition) is 1. The summed E-state index contributed by atoms with van der Waals surface area (Å²) in [5, 5.41) is 2.82. The van der Waals surface area contributed by atoms with Gasteiger partial charge in [-0.3, -0.25) is 9.59 Å². The fourth-order valence-corrected chi connectivity index (χ4v) is 2.60. The van der Waals surface area contributed by atoms with E-state index in [0.717, 1.165) is 5.56 Å². The highest BCUT2D eigenvalue weighted by molar-refractivity contribution is 6.18. The second-order valence-electron chi connectivity index (χ2n) is 5.84. The molecule has 0 saturated heterocycles. The van der Waals surface area contributed by atoms with Gasteiger partial charge in [-0.05, 0) is 36.6 Å². The van der Waals surface area contributed by atoms with Gasteiger partial charge in [-0.25, -0.2) is 0 Å². The number of ketones is 1. The van der Waals surface area contributed by atoms with Crippen LogP contribution in [0.3, 0.4) is 0 Å². The molecule has 1 amide bonds. The van der Waals surface area contributed by atoms with Crippen LogP contribution in [-0.2, 0) is 9.59 Å². The van der Waals surface area contributed by atoms with Gasteiger partial charge >= 0.3 is 0 Å². The third-order valence-corrected chi connectivity index (χ3v) is 4.24. The minimum atomic E-state index is -0.938. The molecule has 0 atom stereocenters. The summed E-state index contributed by atoms with van der Waals surface area (Å²) in [7, 11) is 1.55. The van der Waals surface area contributed by atoms with E-state index in [9.17, 15) is 9.59 Å². The molecule has 0 aliphatic heterocycles. The number of benzene rings is 2. The highest BCUT2D eigenvalue weighted by Gasteiger charge is 2.55. The van der Waals surface area contributed by atoms with Crippen LogP contribution in [0.4, 0.5) is 5.69 Å². The van der Waals surface area contributed by atoms with E-state index in [1.54, 1.807) is 25.3 Å². The number of rotatable bonds is 6. The topological polar surface area (TPSA) is 55.4 Å². The lowest BCUT2D eigenvalue weighted by atomic mass is 9.98. The van der Waals surface area contributed by atoms with Gasteiger partial charge in [0.05, 0.1) is 12.8 Å². The van der Waals surface area contributed by atoms with E-state index >= 15 is 0 Å². The summed E-state index contributed by atoms with van der Waals surface area (Å²) in [5.41, 5.74) is 0.578. The molecule has 1 aliphatic rings. The third-order valence-electron chi connectivity index (χ3n) is 4.24. The molecule has 0 spiro atoms. The van der Waals surface area contributed by atoms with Gasteiger partial charge in [-0.15, -0.1) is 0 Å². The van der Waals surface area contributed by atoms with Crippen LogP contribution in [0.15, 0.2) is 60.7 Å².